The molecule has 6 nitrogen and oxygen atoms in total. The van der Waals surface area contributed by atoms with E-state index in [4.69, 9.17) is 10.2 Å². The van der Waals surface area contributed by atoms with E-state index in [2.05, 4.69) is 9.97 Å². The third-order valence-electron chi connectivity index (χ3n) is 1.47. The van der Waals surface area contributed by atoms with Crippen molar-refractivity contribution in [2.24, 2.45) is 0 Å². The fraction of sp³-hybridized carbons (Fsp3) is 0.143. The van der Waals surface area contributed by atoms with E-state index in [1.165, 1.54) is 0 Å². The van der Waals surface area contributed by atoms with Crippen molar-refractivity contribution in [3.05, 3.63) is 23.3 Å². The first-order chi connectivity index (χ1) is 7.23. The maximum atomic E-state index is 12.1. The summed E-state index contributed by atoms with van der Waals surface area (Å²) >= 11 is 0. The van der Waals surface area contributed by atoms with Gasteiger partial charge in [0.2, 0.25) is 0 Å². The number of hydrogen-bond donors (Lipinski definition) is 2. The Kier molecular flexibility index (Phi) is 2.79. The zero-order valence-electron chi connectivity index (χ0n) is 7.32. The lowest BCUT2D eigenvalue weighted by Gasteiger charge is -2.06. The van der Waals surface area contributed by atoms with Crippen LogP contribution in [0.2, 0.25) is 0 Å². The lowest BCUT2D eigenvalue weighted by Crippen LogP contribution is -2.18. The summed E-state index contributed by atoms with van der Waals surface area (Å²) in [6.07, 6.45) is -4.72. The molecule has 0 saturated heterocycles. The van der Waals surface area contributed by atoms with Gasteiger partial charge in [0.15, 0.2) is 17.1 Å². The minimum atomic E-state index is -4.88. The molecule has 0 aliphatic rings. The Labute approximate surface area is 85.4 Å². The second-order valence-corrected chi connectivity index (χ2v) is 2.56. The molecule has 0 radical (unpaired) electrons. The van der Waals surface area contributed by atoms with Gasteiger partial charge in [-0.15, -0.1) is 0 Å². The van der Waals surface area contributed by atoms with Crippen LogP contribution >= 0.6 is 0 Å². The predicted molar refractivity (Wildman–Crippen MR) is 41.0 cm³/mol. The minimum Gasteiger partial charge on any atom is -0.476 e. The Hall–Kier alpha value is -2.19. The van der Waals surface area contributed by atoms with Crippen molar-refractivity contribution < 1.29 is 33.0 Å². The van der Waals surface area contributed by atoms with Gasteiger partial charge in [0.1, 0.15) is 0 Å². The van der Waals surface area contributed by atoms with Crippen LogP contribution in [0.5, 0.6) is 0 Å². The maximum Gasteiger partial charge on any atom is 0.434 e. The zero-order valence-corrected chi connectivity index (χ0v) is 7.32. The molecule has 9 heteroatoms. The third kappa shape index (κ3) is 2.24. The molecular formula is C7H3F3N2O4. The van der Waals surface area contributed by atoms with Gasteiger partial charge in [-0.05, 0) is 0 Å². The van der Waals surface area contributed by atoms with E-state index >= 15 is 0 Å². The topological polar surface area (TPSA) is 100 Å². The highest BCUT2D eigenvalue weighted by Crippen LogP contribution is 2.27. The number of rotatable bonds is 2. The monoisotopic (exact) mass is 236 g/mol. The highest BCUT2D eigenvalue weighted by Gasteiger charge is 2.35. The van der Waals surface area contributed by atoms with Crippen LogP contribution in [-0.2, 0) is 6.18 Å². The highest BCUT2D eigenvalue weighted by molar-refractivity contribution is 5.98. The Balaban J connectivity index is 3.40. The third-order valence-corrected chi connectivity index (χ3v) is 1.47. The number of nitrogens with zero attached hydrogens (tertiary/aromatic N) is 2. The first-order valence-corrected chi connectivity index (χ1v) is 3.64. The maximum absolute atomic E-state index is 12.1. The number of carbonyl (C=O) groups is 2. The molecule has 0 fully saturated rings. The summed E-state index contributed by atoms with van der Waals surface area (Å²) in [4.78, 5) is 26.5. The average molecular weight is 236 g/mol. The largest absolute Gasteiger partial charge is 0.476 e. The highest BCUT2D eigenvalue weighted by atomic mass is 19.4. The van der Waals surface area contributed by atoms with Gasteiger partial charge < -0.3 is 10.2 Å². The summed E-state index contributed by atoms with van der Waals surface area (Å²) < 4.78 is 36.4. The summed E-state index contributed by atoms with van der Waals surface area (Å²) in [6.45, 7) is 0. The van der Waals surface area contributed by atoms with E-state index in [0.717, 1.165) is 0 Å². The number of aromatic nitrogens is 2. The smallest absolute Gasteiger partial charge is 0.434 e. The fourth-order valence-corrected chi connectivity index (χ4v) is 0.831. The van der Waals surface area contributed by atoms with Crippen LogP contribution < -0.4 is 0 Å². The van der Waals surface area contributed by atoms with Gasteiger partial charge in [0, 0.05) is 0 Å². The van der Waals surface area contributed by atoms with Crippen LogP contribution in [-0.4, -0.2) is 32.1 Å². The molecule has 0 spiro atoms. The summed E-state index contributed by atoms with van der Waals surface area (Å²) in [5.74, 6) is -3.66. The number of carboxylic acid groups (broad SMARTS) is 2. The normalized spacial score (nSPS) is 11.2. The van der Waals surface area contributed by atoms with Crippen LogP contribution in [0.25, 0.3) is 0 Å². The Bertz CT molecular complexity index is 457. The van der Waals surface area contributed by atoms with Crippen LogP contribution in [0, 0.1) is 0 Å². The lowest BCUT2D eigenvalue weighted by molar-refractivity contribution is -0.141. The first kappa shape index (κ1) is 11.9. The number of hydrogen-bond acceptors (Lipinski definition) is 4. The van der Waals surface area contributed by atoms with Crippen molar-refractivity contribution in [3.8, 4) is 0 Å². The van der Waals surface area contributed by atoms with Crippen molar-refractivity contribution in [1.29, 1.82) is 0 Å². The van der Waals surface area contributed by atoms with Crippen LogP contribution in [0.1, 0.15) is 26.7 Å². The molecule has 1 heterocycles. The number of alkyl halides is 3. The first-order valence-electron chi connectivity index (χ1n) is 3.64. The van der Waals surface area contributed by atoms with Crippen LogP contribution in [0.4, 0.5) is 13.2 Å². The van der Waals surface area contributed by atoms with E-state index in [0.29, 0.717) is 0 Å². The number of halogens is 3. The second-order valence-electron chi connectivity index (χ2n) is 2.56. The van der Waals surface area contributed by atoms with Crippen molar-refractivity contribution in [1.82, 2.24) is 9.97 Å². The van der Waals surface area contributed by atoms with Gasteiger partial charge in [0.05, 0.1) is 6.20 Å². The van der Waals surface area contributed by atoms with Gasteiger partial charge in [-0.3, -0.25) is 0 Å². The van der Waals surface area contributed by atoms with Crippen molar-refractivity contribution in [2.45, 2.75) is 6.18 Å². The molecule has 16 heavy (non-hydrogen) atoms. The number of carboxylic acids is 2. The molecular weight excluding hydrogens is 233 g/mol. The van der Waals surface area contributed by atoms with Gasteiger partial charge in [-0.25, -0.2) is 19.6 Å². The molecule has 1 rings (SSSR count). The zero-order chi connectivity index (χ0) is 12.5. The van der Waals surface area contributed by atoms with Crippen molar-refractivity contribution in [2.75, 3.05) is 0 Å². The Morgan fingerprint density at radius 1 is 1.12 bits per heavy atom. The molecule has 86 valence electrons. The molecule has 0 bridgehead atoms. The van der Waals surface area contributed by atoms with Gasteiger partial charge in [-0.1, -0.05) is 0 Å². The quantitative estimate of drug-likeness (QED) is 0.790. The van der Waals surface area contributed by atoms with Crippen molar-refractivity contribution >= 4 is 11.9 Å². The summed E-state index contributed by atoms with van der Waals surface area (Å²) in [5.41, 5.74) is -3.85. The average Bonchev–Trinajstić information content (AvgIpc) is 2.15. The molecule has 0 saturated carbocycles. The molecule has 0 aromatic carbocycles. The fourth-order valence-electron chi connectivity index (χ4n) is 0.831. The SMILES string of the molecule is O=C(O)c1ncc(C(F)(F)F)nc1C(=O)O. The van der Waals surface area contributed by atoms with E-state index in [1.807, 2.05) is 0 Å². The minimum absolute atomic E-state index is 0.163. The summed E-state index contributed by atoms with van der Waals surface area (Å²) in [7, 11) is 0. The van der Waals surface area contributed by atoms with Crippen LogP contribution in [0.3, 0.4) is 0 Å². The van der Waals surface area contributed by atoms with E-state index in [1.54, 1.807) is 0 Å². The molecule has 2 N–H and O–H groups in total. The second kappa shape index (κ2) is 3.76. The van der Waals surface area contributed by atoms with E-state index in [-0.39, 0.29) is 6.20 Å². The molecule has 0 atom stereocenters. The van der Waals surface area contributed by atoms with Gasteiger partial charge >= 0.3 is 18.1 Å². The van der Waals surface area contributed by atoms with Gasteiger partial charge in [0.25, 0.3) is 0 Å². The predicted octanol–water partition coefficient (Wildman–Crippen LogP) is 0.892. The van der Waals surface area contributed by atoms with E-state index in [9.17, 15) is 22.8 Å². The molecule has 0 unspecified atom stereocenters. The lowest BCUT2D eigenvalue weighted by atomic mass is 10.3. The molecule has 1 aromatic rings. The molecule has 1 aromatic heterocycles. The van der Waals surface area contributed by atoms with Gasteiger partial charge in [-0.2, -0.15) is 13.2 Å². The van der Waals surface area contributed by atoms with E-state index < -0.39 is 35.2 Å². The standard InChI is InChI=1S/C7H3F3N2O4/c8-7(9,10)2-1-11-3(5(13)14)4(12-2)6(15)16/h1H,(H,13,14)(H,15,16). The summed E-state index contributed by atoms with van der Waals surface area (Å²) in [5, 5.41) is 16.9. The number of aromatic carboxylic acids is 2. The van der Waals surface area contributed by atoms with Crippen molar-refractivity contribution in [3.63, 3.8) is 0 Å². The Morgan fingerprint density at radius 2 is 1.62 bits per heavy atom. The summed E-state index contributed by atoms with van der Waals surface area (Å²) in [6, 6.07) is 0. The van der Waals surface area contributed by atoms with Crippen LogP contribution in [0.15, 0.2) is 6.20 Å². The molecule has 0 aliphatic heterocycles. The molecule has 0 aliphatic carbocycles. The Morgan fingerprint density at radius 3 is 2.00 bits per heavy atom. The molecule has 0 amide bonds.